The first-order chi connectivity index (χ1) is 11.7. The highest BCUT2D eigenvalue weighted by atomic mass is 16.5. The largest absolute Gasteiger partial charge is 0.465 e. The first-order valence-corrected chi connectivity index (χ1v) is 7.42. The maximum absolute atomic E-state index is 12.3. The number of para-hydroxylation sites is 1. The van der Waals surface area contributed by atoms with Crippen molar-refractivity contribution in [2.75, 3.05) is 19.0 Å². The zero-order valence-corrected chi connectivity index (χ0v) is 13.5. The van der Waals surface area contributed by atoms with E-state index in [2.05, 4.69) is 11.9 Å². The quantitative estimate of drug-likeness (QED) is 0.481. The van der Waals surface area contributed by atoms with Crippen molar-refractivity contribution < 1.29 is 19.1 Å². The molecule has 1 N–H and O–H groups in total. The zero-order chi connectivity index (χ0) is 17.4. The minimum absolute atomic E-state index is 0.301. The Morgan fingerprint density at radius 2 is 1.83 bits per heavy atom. The molecule has 0 fully saturated rings. The number of hydrogen-bond acceptors (Lipinski definition) is 4. The van der Waals surface area contributed by atoms with Gasteiger partial charge in [0.1, 0.15) is 0 Å². The molecule has 0 bridgehead atoms. The predicted molar refractivity (Wildman–Crippen MR) is 92.0 cm³/mol. The highest BCUT2D eigenvalue weighted by Crippen LogP contribution is 2.17. The molecule has 0 unspecified atom stereocenters. The van der Waals surface area contributed by atoms with Gasteiger partial charge in [-0.3, -0.25) is 4.79 Å². The summed E-state index contributed by atoms with van der Waals surface area (Å²) >= 11 is 0. The van der Waals surface area contributed by atoms with Crippen molar-refractivity contribution in [3.63, 3.8) is 0 Å². The average Bonchev–Trinajstić information content (AvgIpc) is 2.62. The van der Waals surface area contributed by atoms with Gasteiger partial charge in [0.05, 0.1) is 31.6 Å². The molecule has 2 aromatic carbocycles. The number of amides is 1. The first kappa shape index (κ1) is 17.4. The van der Waals surface area contributed by atoms with E-state index in [4.69, 9.17) is 9.47 Å². The molecule has 0 aliphatic carbocycles. The molecule has 5 heteroatoms. The Bertz CT molecular complexity index is 722. The summed E-state index contributed by atoms with van der Waals surface area (Å²) in [7, 11) is 1.30. The number of anilines is 1. The van der Waals surface area contributed by atoms with Crippen LogP contribution in [-0.4, -0.2) is 25.6 Å². The summed E-state index contributed by atoms with van der Waals surface area (Å²) in [5, 5.41) is 2.73. The molecule has 0 saturated heterocycles. The molecule has 124 valence electrons. The van der Waals surface area contributed by atoms with Gasteiger partial charge in [0.15, 0.2) is 0 Å². The van der Waals surface area contributed by atoms with Gasteiger partial charge < -0.3 is 14.8 Å². The van der Waals surface area contributed by atoms with E-state index in [1.54, 1.807) is 42.5 Å². The molecule has 1 amide bonds. The third-order valence-corrected chi connectivity index (χ3v) is 3.30. The number of esters is 1. The summed E-state index contributed by atoms with van der Waals surface area (Å²) in [4.78, 5) is 24.1. The van der Waals surface area contributed by atoms with E-state index in [0.717, 1.165) is 5.56 Å². The lowest BCUT2D eigenvalue weighted by Crippen LogP contribution is -2.15. The Morgan fingerprint density at radius 3 is 2.50 bits per heavy atom. The summed E-state index contributed by atoms with van der Waals surface area (Å²) < 4.78 is 10.1. The van der Waals surface area contributed by atoms with Crippen molar-refractivity contribution in [2.45, 2.75) is 6.61 Å². The number of carbonyl (C=O) groups is 2. The highest BCUT2D eigenvalue weighted by molar-refractivity contribution is 6.07. The Morgan fingerprint density at radius 1 is 1.12 bits per heavy atom. The molecule has 2 rings (SSSR count). The van der Waals surface area contributed by atoms with Gasteiger partial charge in [-0.1, -0.05) is 30.3 Å². The van der Waals surface area contributed by atoms with Crippen LogP contribution >= 0.6 is 0 Å². The van der Waals surface area contributed by atoms with E-state index in [0.29, 0.717) is 30.0 Å². The molecule has 2 aromatic rings. The maximum Gasteiger partial charge on any atom is 0.339 e. The summed E-state index contributed by atoms with van der Waals surface area (Å²) in [6.45, 7) is 4.52. The maximum atomic E-state index is 12.3. The predicted octanol–water partition coefficient (Wildman–Crippen LogP) is 3.43. The number of hydrogen-bond donors (Lipinski definition) is 1. The summed E-state index contributed by atoms with van der Waals surface area (Å²) in [6.07, 6.45) is 1.68. The number of carbonyl (C=O) groups excluding carboxylic acids is 2. The van der Waals surface area contributed by atoms with Crippen LogP contribution in [0.2, 0.25) is 0 Å². The molecule has 0 aliphatic rings. The molecule has 0 atom stereocenters. The summed E-state index contributed by atoms with van der Waals surface area (Å²) in [6, 6.07) is 13.8. The van der Waals surface area contributed by atoms with Gasteiger partial charge >= 0.3 is 5.97 Å². The van der Waals surface area contributed by atoms with E-state index in [1.165, 1.54) is 7.11 Å². The molecule has 24 heavy (non-hydrogen) atoms. The minimum atomic E-state index is -0.499. The van der Waals surface area contributed by atoms with E-state index < -0.39 is 5.97 Å². The Labute approximate surface area is 140 Å². The fourth-order valence-electron chi connectivity index (χ4n) is 2.09. The third kappa shape index (κ3) is 4.54. The standard InChI is InChI=1S/C19H19NO4/c1-3-12-24-13-14-8-10-15(11-9-14)18(21)20-17-7-5-4-6-16(17)19(22)23-2/h3-11H,1,12-13H2,2H3,(H,20,21). The molecular formula is C19H19NO4. The van der Waals surface area contributed by atoms with Crippen LogP contribution in [0.4, 0.5) is 5.69 Å². The minimum Gasteiger partial charge on any atom is -0.465 e. The van der Waals surface area contributed by atoms with Crippen molar-refractivity contribution in [1.29, 1.82) is 0 Å². The van der Waals surface area contributed by atoms with Gasteiger partial charge in [0.2, 0.25) is 0 Å². The Balaban J connectivity index is 2.07. The van der Waals surface area contributed by atoms with E-state index in [9.17, 15) is 9.59 Å². The Hall–Kier alpha value is -2.92. The van der Waals surface area contributed by atoms with Crippen molar-refractivity contribution in [3.05, 3.63) is 77.9 Å². The van der Waals surface area contributed by atoms with Crippen LogP contribution in [-0.2, 0) is 16.1 Å². The van der Waals surface area contributed by atoms with Gasteiger partial charge in [0.25, 0.3) is 5.91 Å². The number of ether oxygens (including phenoxy) is 2. The van der Waals surface area contributed by atoms with Gasteiger partial charge in [-0.05, 0) is 29.8 Å². The van der Waals surface area contributed by atoms with E-state index >= 15 is 0 Å². The molecular weight excluding hydrogens is 306 g/mol. The smallest absolute Gasteiger partial charge is 0.339 e. The topological polar surface area (TPSA) is 64.6 Å². The average molecular weight is 325 g/mol. The number of nitrogens with one attached hydrogen (secondary N) is 1. The zero-order valence-electron chi connectivity index (χ0n) is 13.5. The van der Waals surface area contributed by atoms with Crippen LogP contribution in [0.5, 0.6) is 0 Å². The number of methoxy groups -OCH3 is 1. The SMILES string of the molecule is C=CCOCc1ccc(C(=O)Nc2ccccc2C(=O)OC)cc1. The normalized spacial score (nSPS) is 10.0. The van der Waals surface area contributed by atoms with Crippen molar-refractivity contribution >= 4 is 17.6 Å². The summed E-state index contributed by atoms with van der Waals surface area (Å²) in [5.41, 5.74) is 2.17. The Kier molecular flexibility index (Phi) is 6.28. The molecule has 0 aromatic heterocycles. The van der Waals surface area contributed by atoms with Gasteiger partial charge in [-0.2, -0.15) is 0 Å². The third-order valence-electron chi connectivity index (χ3n) is 3.30. The molecule has 0 aliphatic heterocycles. The second kappa shape index (κ2) is 8.64. The van der Waals surface area contributed by atoms with Crippen molar-refractivity contribution in [3.8, 4) is 0 Å². The van der Waals surface area contributed by atoms with Crippen LogP contribution < -0.4 is 5.32 Å². The van der Waals surface area contributed by atoms with Crippen LogP contribution in [0.25, 0.3) is 0 Å². The van der Waals surface area contributed by atoms with Gasteiger partial charge in [-0.25, -0.2) is 4.79 Å². The monoisotopic (exact) mass is 325 g/mol. The number of benzene rings is 2. The van der Waals surface area contributed by atoms with Crippen LogP contribution in [0.3, 0.4) is 0 Å². The highest BCUT2D eigenvalue weighted by Gasteiger charge is 2.14. The molecule has 0 spiro atoms. The lowest BCUT2D eigenvalue weighted by Gasteiger charge is -2.10. The van der Waals surface area contributed by atoms with Gasteiger partial charge in [0, 0.05) is 5.56 Å². The second-order valence-corrected chi connectivity index (χ2v) is 4.99. The second-order valence-electron chi connectivity index (χ2n) is 4.99. The van der Waals surface area contributed by atoms with Crippen LogP contribution in [0.15, 0.2) is 61.2 Å². The molecule has 0 radical (unpaired) electrons. The fourth-order valence-corrected chi connectivity index (χ4v) is 2.09. The van der Waals surface area contributed by atoms with E-state index in [-0.39, 0.29) is 5.91 Å². The first-order valence-electron chi connectivity index (χ1n) is 7.42. The van der Waals surface area contributed by atoms with E-state index in [1.807, 2.05) is 12.1 Å². The van der Waals surface area contributed by atoms with Gasteiger partial charge in [-0.15, -0.1) is 6.58 Å². The number of rotatable bonds is 7. The summed E-state index contributed by atoms with van der Waals surface area (Å²) in [5.74, 6) is -0.800. The molecule has 5 nitrogen and oxygen atoms in total. The lowest BCUT2D eigenvalue weighted by molar-refractivity contribution is 0.0602. The van der Waals surface area contributed by atoms with Crippen molar-refractivity contribution in [2.24, 2.45) is 0 Å². The van der Waals surface area contributed by atoms with Crippen molar-refractivity contribution in [1.82, 2.24) is 0 Å². The molecule has 0 heterocycles. The molecule has 0 saturated carbocycles. The fraction of sp³-hybridized carbons (Fsp3) is 0.158. The van der Waals surface area contributed by atoms with Crippen LogP contribution in [0.1, 0.15) is 26.3 Å². The lowest BCUT2D eigenvalue weighted by atomic mass is 10.1. The van der Waals surface area contributed by atoms with Crippen LogP contribution in [0, 0.1) is 0 Å².